The molecule has 110 valence electrons. The average molecular weight is 370 g/mol. The van der Waals surface area contributed by atoms with Crippen LogP contribution in [0.1, 0.15) is 6.92 Å². The van der Waals surface area contributed by atoms with E-state index in [0.29, 0.717) is 5.69 Å². The molecule has 0 fully saturated rings. The van der Waals surface area contributed by atoms with Gasteiger partial charge in [-0.25, -0.2) is 9.37 Å². The molecule has 2 aromatic rings. The highest BCUT2D eigenvalue weighted by Gasteiger charge is 2.17. The van der Waals surface area contributed by atoms with E-state index in [-0.39, 0.29) is 16.8 Å². The Kier molecular flexibility index (Phi) is 5.19. The Morgan fingerprint density at radius 2 is 2.24 bits per heavy atom. The number of anilines is 2. The van der Waals surface area contributed by atoms with Crippen molar-refractivity contribution < 1.29 is 9.18 Å². The number of aromatic nitrogens is 1. The number of hydrogen-bond donors (Lipinski definition) is 2. The number of nitrogen functional groups attached to an aromatic ring is 1. The fourth-order valence-corrected chi connectivity index (χ4v) is 2.90. The Balaban J connectivity index is 2.04. The van der Waals surface area contributed by atoms with Gasteiger partial charge >= 0.3 is 0 Å². The van der Waals surface area contributed by atoms with Gasteiger partial charge in [-0.1, -0.05) is 11.8 Å². The fourth-order valence-electron chi connectivity index (χ4n) is 1.56. The highest BCUT2D eigenvalue weighted by atomic mass is 79.9. The van der Waals surface area contributed by atoms with E-state index in [1.165, 1.54) is 30.0 Å². The van der Waals surface area contributed by atoms with Crippen LogP contribution in [0.5, 0.6) is 0 Å². The number of carbonyl (C=O) groups excluding carboxylic acids is 1. The maximum Gasteiger partial charge on any atom is 0.237 e. The molecule has 3 N–H and O–H groups in total. The van der Waals surface area contributed by atoms with Crippen molar-refractivity contribution in [2.24, 2.45) is 0 Å². The number of benzene rings is 1. The SMILES string of the molecule is CC(Sc1ncccc1Br)C(=O)Nc1ccc(F)cc1N. The minimum Gasteiger partial charge on any atom is -0.397 e. The lowest BCUT2D eigenvalue weighted by atomic mass is 10.2. The number of amides is 1. The second-order valence-corrected chi connectivity index (χ2v) is 6.46. The molecule has 21 heavy (non-hydrogen) atoms. The van der Waals surface area contributed by atoms with Gasteiger partial charge in [0.05, 0.1) is 16.6 Å². The fraction of sp³-hybridized carbons (Fsp3) is 0.143. The van der Waals surface area contributed by atoms with Gasteiger partial charge in [0.25, 0.3) is 0 Å². The van der Waals surface area contributed by atoms with Gasteiger partial charge in [0.1, 0.15) is 10.8 Å². The van der Waals surface area contributed by atoms with Crippen LogP contribution in [0, 0.1) is 5.82 Å². The molecule has 2 rings (SSSR count). The summed E-state index contributed by atoms with van der Waals surface area (Å²) >= 11 is 4.71. The first-order valence-electron chi connectivity index (χ1n) is 6.10. The van der Waals surface area contributed by atoms with Crippen LogP contribution in [-0.4, -0.2) is 16.1 Å². The number of pyridine rings is 1. The molecule has 1 unspecified atom stereocenters. The number of rotatable bonds is 4. The van der Waals surface area contributed by atoms with E-state index in [2.05, 4.69) is 26.2 Å². The molecular formula is C14H13BrFN3OS. The summed E-state index contributed by atoms with van der Waals surface area (Å²) in [5.41, 5.74) is 6.26. The predicted octanol–water partition coefficient (Wildman–Crippen LogP) is 3.68. The van der Waals surface area contributed by atoms with E-state index >= 15 is 0 Å². The predicted molar refractivity (Wildman–Crippen MR) is 86.7 cm³/mol. The zero-order chi connectivity index (χ0) is 15.4. The van der Waals surface area contributed by atoms with Gasteiger partial charge in [-0.05, 0) is 53.2 Å². The largest absolute Gasteiger partial charge is 0.397 e. The highest BCUT2D eigenvalue weighted by Crippen LogP contribution is 2.29. The summed E-state index contributed by atoms with van der Waals surface area (Å²) < 4.78 is 13.8. The number of hydrogen-bond acceptors (Lipinski definition) is 4. The topological polar surface area (TPSA) is 68.0 Å². The molecule has 0 aliphatic heterocycles. The maximum atomic E-state index is 13.0. The molecule has 0 radical (unpaired) electrons. The van der Waals surface area contributed by atoms with E-state index in [9.17, 15) is 9.18 Å². The van der Waals surface area contributed by atoms with Crippen molar-refractivity contribution in [3.8, 4) is 0 Å². The summed E-state index contributed by atoms with van der Waals surface area (Å²) in [6, 6.07) is 7.52. The Morgan fingerprint density at radius 1 is 1.48 bits per heavy atom. The van der Waals surface area contributed by atoms with E-state index in [1.807, 2.05) is 6.07 Å². The molecular weight excluding hydrogens is 357 g/mol. The van der Waals surface area contributed by atoms with E-state index in [0.717, 1.165) is 9.50 Å². The molecule has 0 saturated heterocycles. The van der Waals surface area contributed by atoms with Crippen LogP contribution < -0.4 is 11.1 Å². The molecule has 0 saturated carbocycles. The molecule has 1 aromatic carbocycles. The van der Waals surface area contributed by atoms with E-state index < -0.39 is 5.82 Å². The van der Waals surface area contributed by atoms with Gasteiger partial charge in [-0.3, -0.25) is 4.79 Å². The summed E-state index contributed by atoms with van der Waals surface area (Å²) in [5.74, 6) is -0.666. The van der Waals surface area contributed by atoms with Gasteiger partial charge in [-0.2, -0.15) is 0 Å². The zero-order valence-corrected chi connectivity index (χ0v) is 13.5. The van der Waals surface area contributed by atoms with E-state index in [1.54, 1.807) is 19.2 Å². The average Bonchev–Trinajstić information content (AvgIpc) is 2.44. The smallest absolute Gasteiger partial charge is 0.237 e. The highest BCUT2D eigenvalue weighted by molar-refractivity contribution is 9.10. The van der Waals surface area contributed by atoms with Crippen LogP contribution >= 0.6 is 27.7 Å². The third kappa shape index (κ3) is 4.18. The normalized spacial score (nSPS) is 12.0. The molecule has 1 aromatic heterocycles. The second-order valence-electron chi connectivity index (χ2n) is 4.27. The minimum absolute atomic E-state index is 0.194. The molecule has 0 aliphatic rings. The monoisotopic (exact) mass is 369 g/mol. The summed E-state index contributed by atoms with van der Waals surface area (Å²) in [4.78, 5) is 16.3. The van der Waals surface area contributed by atoms with Crippen molar-refractivity contribution >= 4 is 45.0 Å². The van der Waals surface area contributed by atoms with Crippen LogP contribution in [0.15, 0.2) is 46.0 Å². The Labute approximate surface area is 134 Å². The van der Waals surface area contributed by atoms with Gasteiger partial charge in [0.15, 0.2) is 0 Å². The van der Waals surface area contributed by atoms with Crippen LogP contribution in [0.3, 0.4) is 0 Å². The standard InChI is InChI=1S/C14H13BrFN3OS/c1-8(21-14-10(15)3-2-6-18-14)13(20)19-12-5-4-9(16)7-11(12)17/h2-8H,17H2,1H3,(H,19,20). The summed E-state index contributed by atoms with van der Waals surface area (Å²) in [7, 11) is 0. The first-order chi connectivity index (χ1) is 9.97. The third-order valence-corrected chi connectivity index (χ3v) is 4.67. The van der Waals surface area contributed by atoms with Gasteiger partial charge in [-0.15, -0.1) is 0 Å². The first kappa shape index (κ1) is 15.8. The van der Waals surface area contributed by atoms with Crippen molar-refractivity contribution in [3.63, 3.8) is 0 Å². The molecule has 0 bridgehead atoms. The Bertz CT molecular complexity index is 668. The van der Waals surface area contributed by atoms with Crippen molar-refractivity contribution in [1.29, 1.82) is 0 Å². The number of thioether (sulfide) groups is 1. The summed E-state index contributed by atoms with van der Waals surface area (Å²) in [5, 5.41) is 3.04. The minimum atomic E-state index is -0.440. The molecule has 0 aliphatic carbocycles. The van der Waals surface area contributed by atoms with Crippen LogP contribution in [0.25, 0.3) is 0 Å². The van der Waals surface area contributed by atoms with Gasteiger partial charge in [0.2, 0.25) is 5.91 Å². The quantitative estimate of drug-likeness (QED) is 0.636. The summed E-state index contributed by atoms with van der Waals surface area (Å²) in [6.45, 7) is 1.76. The molecule has 4 nitrogen and oxygen atoms in total. The zero-order valence-electron chi connectivity index (χ0n) is 11.1. The second kappa shape index (κ2) is 6.91. The Morgan fingerprint density at radius 3 is 2.90 bits per heavy atom. The lowest BCUT2D eigenvalue weighted by Gasteiger charge is -2.13. The first-order valence-corrected chi connectivity index (χ1v) is 7.77. The van der Waals surface area contributed by atoms with Crippen molar-refractivity contribution in [3.05, 3.63) is 46.8 Å². The molecule has 7 heteroatoms. The maximum absolute atomic E-state index is 13.0. The molecule has 1 atom stereocenters. The number of nitrogens with zero attached hydrogens (tertiary/aromatic N) is 1. The lowest BCUT2D eigenvalue weighted by molar-refractivity contribution is -0.115. The molecule has 1 heterocycles. The van der Waals surface area contributed by atoms with Gasteiger partial charge < -0.3 is 11.1 Å². The van der Waals surface area contributed by atoms with Crippen LogP contribution in [-0.2, 0) is 4.79 Å². The molecule has 1 amide bonds. The van der Waals surface area contributed by atoms with Crippen molar-refractivity contribution in [1.82, 2.24) is 4.98 Å². The lowest BCUT2D eigenvalue weighted by Crippen LogP contribution is -2.23. The molecule has 0 spiro atoms. The van der Waals surface area contributed by atoms with Crippen molar-refractivity contribution in [2.45, 2.75) is 17.2 Å². The van der Waals surface area contributed by atoms with E-state index in [4.69, 9.17) is 5.73 Å². The van der Waals surface area contributed by atoms with Crippen LogP contribution in [0.2, 0.25) is 0 Å². The van der Waals surface area contributed by atoms with Crippen LogP contribution in [0.4, 0.5) is 15.8 Å². The number of halogens is 2. The van der Waals surface area contributed by atoms with Crippen molar-refractivity contribution in [2.75, 3.05) is 11.1 Å². The number of nitrogens with two attached hydrogens (primary N) is 1. The number of carbonyl (C=O) groups is 1. The number of nitrogens with one attached hydrogen (secondary N) is 1. The Hall–Kier alpha value is -1.60. The van der Waals surface area contributed by atoms with Gasteiger partial charge in [0, 0.05) is 10.7 Å². The third-order valence-electron chi connectivity index (χ3n) is 2.65. The summed E-state index contributed by atoms with van der Waals surface area (Å²) in [6.07, 6.45) is 1.66.